The van der Waals surface area contributed by atoms with Crippen LogP contribution in [0.4, 0.5) is 17.1 Å². The molecule has 0 aliphatic carbocycles. The molecule has 10 heteroatoms. The second kappa shape index (κ2) is 9.90. The number of para-hydroxylation sites is 1. The molecule has 0 aromatic heterocycles. The lowest BCUT2D eigenvalue weighted by Crippen LogP contribution is -2.28. The number of carbonyl (C=O) groups is 3. The topological polar surface area (TPSA) is 128 Å². The molecular formula is C22H23N3O7. The number of esters is 1. The lowest BCUT2D eigenvalue weighted by molar-refractivity contribution is -0.384. The summed E-state index contributed by atoms with van der Waals surface area (Å²) in [4.78, 5) is 49.0. The number of anilines is 2. The van der Waals surface area contributed by atoms with Crippen molar-refractivity contribution in [1.82, 2.24) is 0 Å². The molecule has 0 bridgehead atoms. The van der Waals surface area contributed by atoms with E-state index in [-0.39, 0.29) is 30.2 Å². The van der Waals surface area contributed by atoms with Gasteiger partial charge in [-0.2, -0.15) is 0 Å². The summed E-state index contributed by atoms with van der Waals surface area (Å²) in [5, 5.41) is 13.6. The van der Waals surface area contributed by atoms with Gasteiger partial charge in [0.25, 0.3) is 11.6 Å². The van der Waals surface area contributed by atoms with Gasteiger partial charge in [-0.3, -0.25) is 24.5 Å². The normalized spacial score (nSPS) is 15.4. The number of nitrogens with zero attached hydrogens (tertiary/aromatic N) is 2. The van der Waals surface area contributed by atoms with Gasteiger partial charge in [-0.25, -0.2) is 0 Å². The SMILES string of the molecule is CCOc1ccc(N2CC(C(=O)OCC(=O)Nc3c(C)cccc3[N+](=O)[O-])CC2=O)cc1. The van der Waals surface area contributed by atoms with Crippen LogP contribution in [0.2, 0.25) is 0 Å². The van der Waals surface area contributed by atoms with Gasteiger partial charge in [0.05, 0.1) is 17.4 Å². The number of hydrogen-bond donors (Lipinski definition) is 1. The summed E-state index contributed by atoms with van der Waals surface area (Å²) in [5.74, 6) is -1.64. The molecule has 0 spiro atoms. The number of ether oxygens (including phenoxy) is 2. The van der Waals surface area contributed by atoms with Crippen molar-refractivity contribution in [2.45, 2.75) is 20.3 Å². The molecule has 1 unspecified atom stereocenters. The average molecular weight is 441 g/mol. The monoisotopic (exact) mass is 441 g/mol. The molecule has 1 aliphatic rings. The molecule has 1 aliphatic heterocycles. The quantitative estimate of drug-likeness (QED) is 0.379. The summed E-state index contributed by atoms with van der Waals surface area (Å²) in [6.45, 7) is 3.54. The Kier molecular flexibility index (Phi) is 7.04. The largest absolute Gasteiger partial charge is 0.494 e. The van der Waals surface area contributed by atoms with Gasteiger partial charge < -0.3 is 19.7 Å². The van der Waals surface area contributed by atoms with Crippen LogP contribution in [0.25, 0.3) is 0 Å². The Balaban J connectivity index is 1.56. The molecular weight excluding hydrogens is 418 g/mol. The fourth-order valence-corrected chi connectivity index (χ4v) is 3.40. The summed E-state index contributed by atoms with van der Waals surface area (Å²) in [6.07, 6.45) is -0.0308. The second-order valence-corrected chi connectivity index (χ2v) is 7.21. The van der Waals surface area contributed by atoms with E-state index in [0.717, 1.165) is 0 Å². The first-order valence-corrected chi connectivity index (χ1v) is 10.0. The Bertz CT molecular complexity index is 1040. The molecule has 10 nitrogen and oxygen atoms in total. The van der Waals surface area contributed by atoms with Crippen molar-refractivity contribution in [3.8, 4) is 5.75 Å². The van der Waals surface area contributed by atoms with Crippen molar-refractivity contribution >= 4 is 34.8 Å². The average Bonchev–Trinajstić information content (AvgIpc) is 3.16. The van der Waals surface area contributed by atoms with Crippen LogP contribution >= 0.6 is 0 Å². The van der Waals surface area contributed by atoms with Gasteiger partial charge in [0.15, 0.2) is 6.61 Å². The minimum absolute atomic E-state index is 0.0308. The van der Waals surface area contributed by atoms with Crippen molar-refractivity contribution in [1.29, 1.82) is 0 Å². The fourth-order valence-electron chi connectivity index (χ4n) is 3.40. The van der Waals surface area contributed by atoms with E-state index in [0.29, 0.717) is 23.6 Å². The first-order valence-electron chi connectivity index (χ1n) is 10.0. The van der Waals surface area contributed by atoms with E-state index >= 15 is 0 Å². The summed E-state index contributed by atoms with van der Waals surface area (Å²) in [7, 11) is 0. The fraction of sp³-hybridized carbons (Fsp3) is 0.318. The molecule has 0 saturated carbocycles. The number of nitro benzene ring substituents is 1. The Hall–Kier alpha value is -3.95. The van der Waals surface area contributed by atoms with E-state index in [1.807, 2.05) is 6.92 Å². The van der Waals surface area contributed by atoms with Crippen LogP contribution in [0.1, 0.15) is 18.9 Å². The highest BCUT2D eigenvalue weighted by molar-refractivity contribution is 6.00. The van der Waals surface area contributed by atoms with E-state index in [2.05, 4.69) is 5.32 Å². The van der Waals surface area contributed by atoms with Crippen molar-refractivity contribution in [3.63, 3.8) is 0 Å². The van der Waals surface area contributed by atoms with Crippen molar-refractivity contribution in [2.75, 3.05) is 30.0 Å². The van der Waals surface area contributed by atoms with Crippen LogP contribution in [0.5, 0.6) is 5.75 Å². The number of nitro groups is 1. The highest BCUT2D eigenvalue weighted by Crippen LogP contribution is 2.29. The highest BCUT2D eigenvalue weighted by atomic mass is 16.6. The number of aryl methyl sites for hydroxylation is 1. The Morgan fingerprint density at radius 2 is 1.94 bits per heavy atom. The van der Waals surface area contributed by atoms with Crippen molar-refractivity contribution < 1.29 is 28.8 Å². The van der Waals surface area contributed by atoms with Crippen molar-refractivity contribution in [3.05, 3.63) is 58.1 Å². The molecule has 2 aromatic carbocycles. The first kappa shape index (κ1) is 22.7. The van der Waals surface area contributed by atoms with Crippen molar-refractivity contribution in [2.24, 2.45) is 5.92 Å². The van der Waals surface area contributed by atoms with Gasteiger partial charge in [-0.15, -0.1) is 0 Å². The van der Waals surface area contributed by atoms with Crippen LogP contribution < -0.4 is 15.0 Å². The number of amides is 2. The maximum atomic E-state index is 12.4. The number of carbonyl (C=O) groups excluding carboxylic acids is 3. The molecule has 1 saturated heterocycles. The molecule has 2 amide bonds. The molecule has 1 atom stereocenters. The van der Waals surface area contributed by atoms with E-state index in [1.165, 1.54) is 17.0 Å². The zero-order valence-electron chi connectivity index (χ0n) is 17.7. The Labute approximate surface area is 184 Å². The number of benzene rings is 2. The number of hydrogen-bond acceptors (Lipinski definition) is 7. The minimum Gasteiger partial charge on any atom is -0.494 e. The Morgan fingerprint density at radius 1 is 1.22 bits per heavy atom. The summed E-state index contributed by atoms with van der Waals surface area (Å²) in [6, 6.07) is 11.4. The smallest absolute Gasteiger partial charge is 0.311 e. The van der Waals surface area contributed by atoms with Gasteiger partial charge in [0.2, 0.25) is 5.91 Å². The molecule has 2 aromatic rings. The maximum absolute atomic E-state index is 12.4. The van der Waals surface area contributed by atoms with Crippen LogP contribution in [0.3, 0.4) is 0 Å². The first-order chi connectivity index (χ1) is 15.3. The molecule has 3 rings (SSSR count). The van der Waals surface area contributed by atoms with E-state index in [4.69, 9.17) is 9.47 Å². The lowest BCUT2D eigenvalue weighted by Gasteiger charge is -2.17. The summed E-state index contributed by atoms with van der Waals surface area (Å²) >= 11 is 0. The predicted molar refractivity (Wildman–Crippen MR) is 115 cm³/mol. The van der Waals surface area contributed by atoms with Crippen LogP contribution in [-0.2, 0) is 19.1 Å². The molecule has 168 valence electrons. The van der Waals surface area contributed by atoms with Gasteiger partial charge in [-0.1, -0.05) is 12.1 Å². The molecule has 1 fully saturated rings. The van der Waals surface area contributed by atoms with Gasteiger partial charge in [0.1, 0.15) is 11.4 Å². The zero-order valence-corrected chi connectivity index (χ0v) is 17.7. The third kappa shape index (κ3) is 5.20. The van der Waals surface area contributed by atoms with E-state index in [1.54, 1.807) is 37.3 Å². The van der Waals surface area contributed by atoms with E-state index in [9.17, 15) is 24.5 Å². The summed E-state index contributed by atoms with van der Waals surface area (Å²) in [5.41, 5.74) is 0.943. The van der Waals surface area contributed by atoms with E-state index < -0.39 is 29.3 Å². The van der Waals surface area contributed by atoms with Gasteiger partial charge in [-0.05, 0) is 43.7 Å². The molecule has 1 heterocycles. The van der Waals surface area contributed by atoms with Crippen LogP contribution in [-0.4, -0.2) is 42.5 Å². The van der Waals surface area contributed by atoms with Gasteiger partial charge >= 0.3 is 5.97 Å². The minimum atomic E-state index is -0.713. The van der Waals surface area contributed by atoms with Crippen LogP contribution in [0, 0.1) is 23.0 Å². The number of rotatable bonds is 8. The second-order valence-electron chi connectivity index (χ2n) is 7.21. The van der Waals surface area contributed by atoms with Gasteiger partial charge in [0, 0.05) is 24.7 Å². The predicted octanol–water partition coefficient (Wildman–Crippen LogP) is 2.84. The Morgan fingerprint density at radius 3 is 2.59 bits per heavy atom. The molecule has 1 N–H and O–H groups in total. The number of nitrogens with one attached hydrogen (secondary N) is 1. The molecule has 0 radical (unpaired) electrons. The standard InChI is InChI=1S/C22H23N3O7/c1-3-31-17-9-7-16(8-10-17)24-12-15(11-20(24)27)22(28)32-13-19(26)23-21-14(2)5-4-6-18(21)25(29)30/h4-10,15H,3,11-13H2,1-2H3,(H,23,26). The highest BCUT2D eigenvalue weighted by Gasteiger charge is 2.36. The third-order valence-electron chi connectivity index (χ3n) is 4.98. The third-order valence-corrected chi connectivity index (χ3v) is 4.98. The molecule has 32 heavy (non-hydrogen) atoms. The maximum Gasteiger partial charge on any atom is 0.311 e. The summed E-state index contributed by atoms with van der Waals surface area (Å²) < 4.78 is 10.4. The van der Waals surface area contributed by atoms with Crippen LogP contribution in [0.15, 0.2) is 42.5 Å². The zero-order chi connectivity index (χ0) is 23.3. The lowest BCUT2D eigenvalue weighted by atomic mass is 10.1.